The van der Waals surface area contributed by atoms with Gasteiger partial charge in [-0.3, -0.25) is 4.79 Å². The number of nitrogens with zero attached hydrogens (tertiary/aromatic N) is 3. The molecule has 2 heterocycles. The second kappa shape index (κ2) is 4.67. The molecular weight excluding hydrogens is 236 g/mol. The third-order valence-electron chi connectivity index (χ3n) is 2.58. The molecule has 2 rings (SSSR count). The van der Waals surface area contributed by atoms with Crippen LogP contribution >= 0.6 is 12.2 Å². The summed E-state index contributed by atoms with van der Waals surface area (Å²) in [5.74, 6) is 0.0807. The molecule has 0 saturated heterocycles. The lowest BCUT2D eigenvalue weighted by Gasteiger charge is -2.10. The Morgan fingerprint density at radius 1 is 1.59 bits per heavy atom. The first-order chi connectivity index (χ1) is 8.09. The van der Waals surface area contributed by atoms with Crippen LogP contribution in [-0.2, 0) is 11.3 Å². The fourth-order valence-electron chi connectivity index (χ4n) is 1.63. The van der Waals surface area contributed by atoms with Gasteiger partial charge < -0.3 is 14.5 Å². The van der Waals surface area contributed by atoms with Gasteiger partial charge >= 0.3 is 0 Å². The molecule has 0 fully saturated rings. The molecule has 0 bridgehead atoms. The van der Waals surface area contributed by atoms with Gasteiger partial charge in [0.1, 0.15) is 0 Å². The number of aromatic amines is 1. The van der Waals surface area contributed by atoms with Crippen molar-refractivity contribution >= 4 is 29.3 Å². The maximum atomic E-state index is 11.5. The number of hydrogen-bond donors (Lipinski definition) is 1. The Hall–Kier alpha value is -1.69. The summed E-state index contributed by atoms with van der Waals surface area (Å²) < 4.78 is 2.46. The Kier molecular flexibility index (Phi) is 3.23. The molecule has 0 unspecified atom stereocenters. The topological polar surface area (TPSA) is 53.9 Å². The maximum absolute atomic E-state index is 11.5. The average molecular weight is 250 g/mol. The minimum absolute atomic E-state index is 0.0807. The zero-order chi connectivity index (χ0) is 12.4. The van der Waals surface area contributed by atoms with Crippen LogP contribution in [0.15, 0.2) is 18.3 Å². The van der Waals surface area contributed by atoms with Crippen molar-refractivity contribution in [1.29, 1.82) is 0 Å². The summed E-state index contributed by atoms with van der Waals surface area (Å²) in [7, 11) is 3.49. The highest BCUT2D eigenvalue weighted by Crippen LogP contribution is 2.11. The Labute approximate surface area is 104 Å². The third kappa shape index (κ3) is 2.36. The van der Waals surface area contributed by atoms with Crippen LogP contribution in [0, 0.1) is 4.77 Å². The molecule has 90 valence electrons. The summed E-state index contributed by atoms with van der Waals surface area (Å²) in [4.78, 5) is 20.4. The van der Waals surface area contributed by atoms with Crippen LogP contribution in [0.2, 0.25) is 0 Å². The molecule has 0 aromatic carbocycles. The molecule has 2 aromatic heterocycles. The van der Waals surface area contributed by atoms with Crippen LogP contribution in [0.3, 0.4) is 0 Å². The molecular formula is C11H14N4OS. The van der Waals surface area contributed by atoms with Crippen molar-refractivity contribution in [3.8, 4) is 0 Å². The van der Waals surface area contributed by atoms with Crippen molar-refractivity contribution in [3.05, 3.63) is 23.1 Å². The number of imidazole rings is 1. The van der Waals surface area contributed by atoms with E-state index in [1.165, 1.54) is 0 Å². The van der Waals surface area contributed by atoms with Gasteiger partial charge in [0.25, 0.3) is 0 Å². The minimum atomic E-state index is 0.0807. The monoisotopic (exact) mass is 250 g/mol. The average Bonchev–Trinajstić information content (AvgIpc) is 2.61. The van der Waals surface area contributed by atoms with Gasteiger partial charge in [-0.2, -0.15) is 0 Å². The molecule has 1 N–H and O–H groups in total. The van der Waals surface area contributed by atoms with Crippen LogP contribution in [-0.4, -0.2) is 39.4 Å². The van der Waals surface area contributed by atoms with E-state index in [2.05, 4.69) is 9.97 Å². The van der Waals surface area contributed by atoms with Crippen molar-refractivity contribution in [3.63, 3.8) is 0 Å². The van der Waals surface area contributed by atoms with Crippen LogP contribution in [0.4, 0.5) is 0 Å². The number of fused-ring (bicyclic) bond motifs is 1. The van der Waals surface area contributed by atoms with Gasteiger partial charge in [-0.25, -0.2) is 4.98 Å². The highest BCUT2D eigenvalue weighted by atomic mass is 32.1. The van der Waals surface area contributed by atoms with Crippen molar-refractivity contribution in [1.82, 2.24) is 19.4 Å². The molecule has 5 nitrogen and oxygen atoms in total. The fraction of sp³-hybridized carbons (Fsp3) is 0.364. The number of rotatable bonds is 3. The Balaban J connectivity index is 2.27. The molecule has 6 heteroatoms. The maximum Gasteiger partial charge on any atom is 0.223 e. The number of aromatic nitrogens is 3. The number of aryl methyl sites for hydroxylation is 1. The van der Waals surface area contributed by atoms with Crippen LogP contribution in [0.1, 0.15) is 6.42 Å². The highest BCUT2D eigenvalue weighted by Gasteiger charge is 2.08. The predicted octanol–water partition coefficient (Wildman–Crippen LogP) is 1.57. The zero-order valence-corrected chi connectivity index (χ0v) is 10.6. The van der Waals surface area contributed by atoms with E-state index >= 15 is 0 Å². The van der Waals surface area contributed by atoms with Gasteiger partial charge in [0.05, 0.1) is 5.52 Å². The Morgan fingerprint density at radius 2 is 2.35 bits per heavy atom. The molecule has 1 amide bonds. The number of pyridine rings is 1. The number of amides is 1. The van der Waals surface area contributed by atoms with Gasteiger partial charge in [-0.1, -0.05) is 0 Å². The van der Waals surface area contributed by atoms with Crippen LogP contribution in [0.25, 0.3) is 11.2 Å². The number of carbonyl (C=O) groups is 1. The summed E-state index contributed by atoms with van der Waals surface area (Å²) in [5.41, 5.74) is 1.69. The second-order valence-electron chi connectivity index (χ2n) is 3.99. The lowest BCUT2D eigenvalue weighted by molar-refractivity contribution is -0.128. The van der Waals surface area contributed by atoms with Crippen molar-refractivity contribution < 1.29 is 4.79 Å². The van der Waals surface area contributed by atoms with Gasteiger partial charge in [0.2, 0.25) is 5.91 Å². The summed E-state index contributed by atoms with van der Waals surface area (Å²) in [5, 5.41) is 0. The van der Waals surface area contributed by atoms with E-state index in [0.29, 0.717) is 17.7 Å². The SMILES string of the molecule is CN(C)C(=O)CCn1c(=S)[nH]c2cccnc21. The van der Waals surface area contributed by atoms with Gasteiger partial charge in [0, 0.05) is 33.3 Å². The van der Waals surface area contributed by atoms with E-state index in [9.17, 15) is 4.79 Å². The molecule has 0 aliphatic heterocycles. The molecule has 0 spiro atoms. The summed E-state index contributed by atoms with van der Waals surface area (Å²) in [6.07, 6.45) is 2.14. The first kappa shape index (κ1) is 11.8. The third-order valence-corrected chi connectivity index (χ3v) is 2.90. The minimum Gasteiger partial charge on any atom is -0.349 e. The van der Waals surface area contributed by atoms with Crippen LogP contribution in [0.5, 0.6) is 0 Å². The van der Waals surface area contributed by atoms with E-state index in [1.54, 1.807) is 25.2 Å². The molecule has 0 radical (unpaired) electrons. The number of H-pyrrole nitrogens is 1. The van der Waals surface area contributed by atoms with E-state index in [0.717, 1.165) is 11.2 Å². The van der Waals surface area contributed by atoms with Crippen LogP contribution < -0.4 is 0 Å². The van der Waals surface area contributed by atoms with Gasteiger partial charge in [0.15, 0.2) is 10.4 Å². The summed E-state index contributed by atoms with van der Waals surface area (Å²) >= 11 is 5.21. The Morgan fingerprint density at radius 3 is 3.06 bits per heavy atom. The number of hydrogen-bond acceptors (Lipinski definition) is 3. The van der Waals surface area contributed by atoms with Crippen molar-refractivity contribution in [2.24, 2.45) is 0 Å². The standard InChI is InChI=1S/C11H14N4OS/c1-14(2)9(16)5-7-15-10-8(13-11(15)17)4-3-6-12-10/h3-4,6H,5,7H2,1-2H3,(H,13,17). The summed E-state index contributed by atoms with van der Waals surface area (Å²) in [6, 6.07) is 3.77. The quantitative estimate of drug-likeness (QED) is 0.841. The molecule has 0 saturated carbocycles. The smallest absolute Gasteiger partial charge is 0.223 e. The van der Waals surface area contributed by atoms with E-state index < -0.39 is 0 Å². The highest BCUT2D eigenvalue weighted by molar-refractivity contribution is 7.71. The molecule has 0 atom stereocenters. The van der Waals surface area contributed by atoms with Gasteiger partial charge in [-0.15, -0.1) is 0 Å². The van der Waals surface area contributed by atoms with E-state index in [1.807, 2.05) is 16.7 Å². The first-order valence-electron chi connectivity index (χ1n) is 5.33. The summed E-state index contributed by atoms with van der Waals surface area (Å²) in [6.45, 7) is 0.548. The molecule has 0 aliphatic carbocycles. The van der Waals surface area contributed by atoms with E-state index in [4.69, 9.17) is 12.2 Å². The number of nitrogens with one attached hydrogen (secondary N) is 1. The largest absolute Gasteiger partial charge is 0.349 e. The van der Waals surface area contributed by atoms with Gasteiger partial charge in [-0.05, 0) is 24.4 Å². The van der Waals surface area contributed by atoms with Crippen molar-refractivity contribution in [2.45, 2.75) is 13.0 Å². The number of carbonyl (C=O) groups excluding carboxylic acids is 1. The van der Waals surface area contributed by atoms with Crippen molar-refractivity contribution in [2.75, 3.05) is 14.1 Å². The fourth-order valence-corrected chi connectivity index (χ4v) is 1.91. The molecule has 2 aromatic rings. The normalized spacial score (nSPS) is 10.7. The van der Waals surface area contributed by atoms with E-state index in [-0.39, 0.29) is 5.91 Å². The lowest BCUT2D eigenvalue weighted by atomic mass is 10.3. The predicted molar refractivity (Wildman–Crippen MR) is 68.2 cm³/mol. The Bertz CT molecular complexity index is 599. The first-order valence-corrected chi connectivity index (χ1v) is 5.74. The lowest BCUT2D eigenvalue weighted by Crippen LogP contribution is -2.22. The zero-order valence-electron chi connectivity index (χ0n) is 9.80. The molecule has 17 heavy (non-hydrogen) atoms. The molecule has 0 aliphatic rings. The second-order valence-corrected chi connectivity index (χ2v) is 4.38.